The second-order valence-electron chi connectivity index (χ2n) is 3.48. The van der Waals surface area contributed by atoms with Crippen molar-refractivity contribution in [2.45, 2.75) is 13.8 Å². The molecule has 0 aliphatic rings. The highest BCUT2D eigenvalue weighted by Crippen LogP contribution is 2.14. The van der Waals surface area contributed by atoms with Gasteiger partial charge in [0.1, 0.15) is 0 Å². The summed E-state index contributed by atoms with van der Waals surface area (Å²) in [5, 5.41) is 11.6. The molecule has 0 heterocycles. The molecule has 0 saturated carbocycles. The topological polar surface area (TPSA) is 32.6 Å². The van der Waals surface area contributed by atoms with Crippen LogP contribution in [0, 0.1) is 5.92 Å². The number of nitrogens with zero attached hydrogens (tertiary/aromatic N) is 1. The average molecular weight is 189 g/mol. The maximum absolute atomic E-state index is 8.54. The van der Waals surface area contributed by atoms with E-state index in [9.17, 15) is 0 Å². The second-order valence-corrected chi connectivity index (χ2v) is 3.48. The average Bonchev–Trinajstić information content (AvgIpc) is 2.18. The minimum absolute atomic E-state index is 0.434. The zero-order valence-corrected chi connectivity index (χ0v) is 8.51. The number of benzene rings is 1. The first-order chi connectivity index (χ1) is 6.74. The van der Waals surface area contributed by atoms with Crippen molar-refractivity contribution in [3.63, 3.8) is 0 Å². The molecule has 0 unspecified atom stereocenters. The lowest BCUT2D eigenvalue weighted by molar-refractivity contribution is 0.322. The van der Waals surface area contributed by atoms with Crippen molar-refractivity contribution in [1.29, 1.82) is 0 Å². The molecule has 0 aromatic heterocycles. The fourth-order valence-electron chi connectivity index (χ4n) is 1.27. The van der Waals surface area contributed by atoms with Crippen LogP contribution in [0.3, 0.4) is 0 Å². The molecule has 2 heteroatoms. The Labute approximate surface area is 84.6 Å². The molecule has 0 radical (unpaired) electrons. The van der Waals surface area contributed by atoms with Crippen molar-refractivity contribution in [3.05, 3.63) is 42.0 Å². The minimum Gasteiger partial charge on any atom is -0.411 e. The van der Waals surface area contributed by atoms with Gasteiger partial charge in [-0.3, -0.25) is 0 Å². The van der Waals surface area contributed by atoms with Crippen molar-refractivity contribution in [2.24, 2.45) is 11.1 Å². The van der Waals surface area contributed by atoms with Gasteiger partial charge in [-0.2, -0.15) is 0 Å². The van der Waals surface area contributed by atoms with E-state index in [0.717, 1.165) is 11.1 Å². The number of hydrogen-bond donors (Lipinski definition) is 1. The number of rotatable bonds is 3. The third-order valence-corrected chi connectivity index (χ3v) is 1.82. The van der Waals surface area contributed by atoms with E-state index in [1.807, 2.05) is 30.3 Å². The van der Waals surface area contributed by atoms with Gasteiger partial charge in [0.2, 0.25) is 0 Å². The Morgan fingerprint density at radius 1 is 1.29 bits per heavy atom. The summed E-state index contributed by atoms with van der Waals surface area (Å²) in [6.45, 7) is 4.18. The zero-order chi connectivity index (χ0) is 10.4. The Morgan fingerprint density at radius 2 is 1.93 bits per heavy atom. The van der Waals surface area contributed by atoms with E-state index in [4.69, 9.17) is 5.21 Å². The maximum Gasteiger partial charge on any atom is 0.0736 e. The van der Waals surface area contributed by atoms with Gasteiger partial charge >= 0.3 is 0 Å². The van der Waals surface area contributed by atoms with Crippen LogP contribution < -0.4 is 0 Å². The van der Waals surface area contributed by atoms with Crippen LogP contribution in [-0.4, -0.2) is 11.4 Å². The molecule has 0 spiro atoms. The lowest BCUT2D eigenvalue weighted by Crippen LogP contribution is -1.89. The Morgan fingerprint density at radius 3 is 2.43 bits per heavy atom. The van der Waals surface area contributed by atoms with E-state index in [1.165, 1.54) is 6.21 Å². The molecule has 1 rings (SSSR count). The van der Waals surface area contributed by atoms with E-state index in [1.54, 1.807) is 0 Å². The zero-order valence-electron chi connectivity index (χ0n) is 8.51. The fraction of sp³-hybridized carbons (Fsp3) is 0.250. The van der Waals surface area contributed by atoms with Gasteiger partial charge in [0, 0.05) is 0 Å². The maximum atomic E-state index is 8.54. The summed E-state index contributed by atoms with van der Waals surface area (Å²) in [5.41, 5.74) is 2.02. The van der Waals surface area contributed by atoms with Gasteiger partial charge in [-0.1, -0.05) is 55.4 Å². The largest absolute Gasteiger partial charge is 0.411 e. The summed E-state index contributed by atoms with van der Waals surface area (Å²) < 4.78 is 0. The highest BCUT2D eigenvalue weighted by Gasteiger charge is 1.98. The fourth-order valence-corrected chi connectivity index (χ4v) is 1.27. The molecule has 1 N–H and O–H groups in total. The Balaban J connectivity index is 3.01. The quantitative estimate of drug-likeness (QED) is 0.442. The summed E-state index contributed by atoms with van der Waals surface area (Å²) in [7, 11) is 0. The third-order valence-electron chi connectivity index (χ3n) is 1.82. The molecule has 74 valence electrons. The molecule has 0 saturated heterocycles. The first kappa shape index (κ1) is 10.5. The highest BCUT2D eigenvalue weighted by atomic mass is 16.4. The molecule has 0 aliphatic carbocycles. The van der Waals surface area contributed by atoms with E-state index in [2.05, 4.69) is 25.1 Å². The van der Waals surface area contributed by atoms with E-state index < -0.39 is 0 Å². The molecule has 0 amide bonds. The normalized spacial score (nSPS) is 12.6. The lowest BCUT2D eigenvalue weighted by atomic mass is 10.0. The van der Waals surface area contributed by atoms with Gasteiger partial charge in [-0.15, -0.1) is 0 Å². The van der Waals surface area contributed by atoms with Gasteiger partial charge in [0.15, 0.2) is 0 Å². The van der Waals surface area contributed by atoms with Gasteiger partial charge in [-0.25, -0.2) is 0 Å². The summed E-state index contributed by atoms with van der Waals surface area (Å²) in [6, 6.07) is 9.89. The first-order valence-corrected chi connectivity index (χ1v) is 4.68. The molecule has 0 bridgehead atoms. The Bertz CT molecular complexity index is 325. The van der Waals surface area contributed by atoms with Crippen LogP contribution in [0.15, 0.2) is 41.6 Å². The van der Waals surface area contributed by atoms with Crippen LogP contribution in [0.2, 0.25) is 0 Å². The molecule has 2 nitrogen and oxygen atoms in total. The molecule has 0 atom stereocenters. The van der Waals surface area contributed by atoms with Gasteiger partial charge in [0.25, 0.3) is 0 Å². The van der Waals surface area contributed by atoms with Crippen LogP contribution in [0.25, 0.3) is 5.57 Å². The van der Waals surface area contributed by atoms with E-state index in [-0.39, 0.29) is 0 Å². The smallest absolute Gasteiger partial charge is 0.0736 e. The molecular weight excluding hydrogens is 174 g/mol. The number of allylic oxidation sites excluding steroid dienone is 2. The van der Waals surface area contributed by atoms with Crippen LogP contribution in [0.4, 0.5) is 0 Å². The van der Waals surface area contributed by atoms with E-state index >= 15 is 0 Å². The summed E-state index contributed by atoms with van der Waals surface area (Å²) in [5.74, 6) is 0.434. The highest BCUT2D eigenvalue weighted by molar-refractivity contribution is 6.09. The Kier molecular flexibility index (Phi) is 3.92. The molecular formula is C12H15NO. The summed E-state index contributed by atoms with van der Waals surface area (Å²) >= 11 is 0. The number of hydrogen-bond acceptors (Lipinski definition) is 2. The van der Waals surface area contributed by atoms with Crippen molar-refractivity contribution >= 4 is 11.8 Å². The molecule has 1 aromatic rings. The first-order valence-electron chi connectivity index (χ1n) is 4.68. The van der Waals surface area contributed by atoms with Crippen LogP contribution in [-0.2, 0) is 0 Å². The van der Waals surface area contributed by atoms with Crippen molar-refractivity contribution in [1.82, 2.24) is 0 Å². The molecule has 0 aliphatic heterocycles. The van der Waals surface area contributed by atoms with Crippen molar-refractivity contribution in [2.75, 3.05) is 0 Å². The molecule has 1 aromatic carbocycles. The van der Waals surface area contributed by atoms with Gasteiger partial charge in [0.05, 0.1) is 6.21 Å². The second kappa shape index (κ2) is 5.22. The van der Waals surface area contributed by atoms with Crippen LogP contribution in [0.1, 0.15) is 19.4 Å². The van der Waals surface area contributed by atoms with E-state index in [0.29, 0.717) is 5.92 Å². The third kappa shape index (κ3) is 3.05. The summed E-state index contributed by atoms with van der Waals surface area (Å²) in [6.07, 6.45) is 3.53. The SMILES string of the molecule is CC(C)/C=C(/C=N/O)c1ccccc1. The standard InChI is InChI=1S/C12H15NO/c1-10(2)8-12(9-13-14)11-6-4-3-5-7-11/h3-10,14H,1-2H3/b12-8-,13-9+. The van der Waals surface area contributed by atoms with Crippen LogP contribution in [0.5, 0.6) is 0 Å². The summed E-state index contributed by atoms with van der Waals surface area (Å²) in [4.78, 5) is 0. The van der Waals surface area contributed by atoms with Crippen molar-refractivity contribution < 1.29 is 5.21 Å². The van der Waals surface area contributed by atoms with Crippen molar-refractivity contribution in [3.8, 4) is 0 Å². The minimum atomic E-state index is 0.434. The predicted octanol–water partition coefficient (Wildman–Crippen LogP) is 3.19. The Hall–Kier alpha value is -1.57. The van der Waals surface area contributed by atoms with Gasteiger partial charge in [-0.05, 0) is 17.1 Å². The monoisotopic (exact) mass is 189 g/mol. The molecule has 0 fully saturated rings. The van der Waals surface area contributed by atoms with Crippen LogP contribution >= 0.6 is 0 Å². The lowest BCUT2D eigenvalue weighted by Gasteiger charge is -2.03. The number of oxime groups is 1. The predicted molar refractivity (Wildman–Crippen MR) is 59.5 cm³/mol. The molecule has 14 heavy (non-hydrogen) atoms. The van der Waals surface area contributed by atoms with Gasteiger partial charge < -0.3 is 5.21 Å².